The fraction of sp³-hybridized carbons (Fsp3) is 0.312. The molecule has 0 aliphatic carbocycles. The maximum Gasteiger partial charge on any atom is 0.416 e. The summed E-state index contributed by atoms with van der Waals surface area (Å²) in [5.41, 5.74) is -3.07. The van der Waals surface area contributed by atoms with Crippen molar-refractivity contribution in [1.29, 1.82) is 10.5 Å². The lowest BCUT2D eigenvalue weighted by Crippen LogP contribution is -2.44. The molecule has 0 spiro atoms. The minimum absolute atomic E-state index is 0.000112. The molecule has 2 aromatic rings. The molecule has 3 rings (SSSR count). The fourth-order valence-corrected chi connectivity index (χ4v) is 4.18. The smallest absolute Gasteiger partial charge is 0.416 e. The first kappa shape index (κ1) is 20.3. The zero-order valence-electron chi connectivity index (χ0n) is 14.1. The number of nitriles is 2. The van der Waals surface area contributed by atoms with Crippen LogP contribution in [0.4, 0.5) is 19.0 Å². The molecule has 28 heavy (non-hydrogen) atoms. The van der Waals surface area contributed by atoms with Crippen molar-refractivity contribution < 1.29 is 22.8 Å². The number of nitrogens with zero attached hydrogens (tertiary/aromatic N) is 4. The molecule has 2 atom stereocenters. The highest BCUT2D eigenvalue weighted by atomic mass is 35.5. The molecule has 2 heterocycles. The van der Waals surface area contributed by atoms with Crippen LogP contribution in [0.1, 0.15) is 23.2 Å². The molecule has 1 aliphatic rings. The monoisotopic (exact) mass is 429 g/mol. The number of aliphatic hydroxyl groups excluding tert-OH is 1. The van der Waals surface area contributed by atoms with E-state index < -0.39 is 41.5 Å². The van der Waals surface area contributed by atoms with Crippen LogP contribution in [-0.2, 0) is 22.9 Å². The van der Waals surface area contributed by atoms with Gasteiger partial charge in [0.1, 0.15) is 17.9 Å². The van der Waals surface area contributed by atoms with Crippen LogP contribution in [-0.4, -0.2) is 32.3 Å². The summed E-state index contributed by atoms with van der Waals surface area (Å²) in [4.78, 5) is -0.000112. The predicted octanol–water partition coefficient (Wildman–Crippen LogP) is 2.68. The Bertz CT molecular complexity index is 1040. The number of halogens is 4. The van der Waals surface area contributed by atoms with E-state index in [9.17, 15) is 33.4 Å². The van der Waals surface area contributed by atoms with Gasteiger partial charge in [-0.1, -0.05) is 11.6 Å². The molecule has 1 aliphatic heterocycles. The van der Waals surface area contributed by atoms with Gasteiger partial charge in [0.2, 0.25) is 10.6 Å². The molecular weight excluding hydrogens is 419 g/mol. The Hall–Kier alpha value is -2.44. The van der Waals surface area contributed by atoms with Gasteiger partial charge in [-0.2, -0.15) is 23.7 Å². The molecule has 1 aromatic carbocycles. The van der Waals surface area contributed by atoms with E-state index >= 15 is 0 Å². The van der Waals surface area contributed by atoms with Crippen LogP contribution in [0.15, 0.2) is 17.0 Å². The van der Waals surface area contributed by atoms with Crippen molar-refractivity contribution in [3.05, 3.63) is 34.0 Å². The number of rotatable bonds is 3. The maximum atomic E-state index is 13.3. The Morgan fingerprint density at radius 1 is 1.43 bits per heavy atom. The second-order valence-corrected chi connectivity index (χ2v) is 7.78. The Morgan fingerprint density at radius 3 is 2.61 bits per heavy atom. The largest absolute Gasteiger partial charge is 0.611 e. The van der Waals surface area contributed by atoms with Gasteiger partial charge in [0.05, 0.1) is 35.4 Å². The minimum Gasteiger partial charge on any atom is -0.611 e. The van der Waals surface area contributed by atoms with E-state index in [1.54, 1.807) is 6.07 Å². The van der Waals surface area contributed by atoms with Gasteiger partial charge in [0, 0.05) is 5.56 Å². The van der Waals surface area contributed by atoms with Crippen molar-refractivity contribution in [3.8, 4) is 17.8 Å². The summed E-state index contributed by atoms with van der Waals surface area (Å²) in [7, 11) is 0. The average molecular weight is 430 g/mol. The molecule has 0 saturated carbocycles. The highest BCUT2D eigenvalue weighted by Crippen LogP contribution is 2.47. The number of hydrogen-bond acceptors (Lipinski definition) is 6. The maximum absolute atomic E-state index is 13.3. The molecule has 2 N–H and O–H groups in total. The van der Waals surface area contributed by atoms with Crippen LogP contribution in [0.2, 0.25) is 5.02 Å². The predicted molar refractivity (Wildman–Crippen MR) is 93.2 cm³/mol. The number of nitrogens with one attached hydrogen (secondary N) is 1. The van der Waals surface area contributed by atoms with Crippen molar-refractivity contribution >= 4 is 28.6 Å². The first-order valence-corrected chi connectivity index (χ1v) is 9.57. The molecule has 1 aromatic heterocycles. The van der Waals surface area contributed by atoms with Gasteiger partial charge in [0.15, 0.2) is 5.82 Å². The lowest BCUT2D eigenvalue weighted by molar-refractivity contribution is -0.137. The number of benzene rings is 1. The van der Waals surface area contributed by atoms with Gasteiger partial charge >= 0.3 is 6.18 Å². The van der Waals surface area contributed by atoms with Gasteiger partial charge < -0.3 is 15.0 Å². The van der Waals surface area contributed by atoms with Gasteiger partial charge in [-0.3, -0.25) is 0 Å². The molecule has 0 fully saturated rings. The first-order valence-electron chi connectivity index (χ1n) is 7.63. The molecule has 0 saturated heterocycles. The number of fused-ring (bicyclic) bond motifs is 3. The molecule has 0 amide bonds. The van der Waals surface area contributed by atoms with Gasteiger partial charge in [-0.25, -0.2) is 4.68 Å². The SMILES string of the molecule is C[S+]([O-])c1c(C#N)nn2c1NC(CO)(CC#N)c1cc(C(F)(F)F)cc(Cl)c1-2. The average Bonchev–Trinajstić information content (AvgIpc) is 2.98. The zero-order chi connectivity index (χ0) is 20.9. The minimum atomic E-state index is -4.72. The quantitative estimate of drug-likeness (QED) is 0.723. The van der Waals surface area contributed by atoms with E-state index in [-0.39, 0.29) is 32.7 Å². The molecule has 2 unspecified atom stereocenters. The molecule has 0 bridgehead atoms. The number of alkyl halides is 3. The van der Waals surface area contributed by atoms with E-state index in [2.05, 4.69) is 10.4 Å². The van der Waals surface area contributed by atoms with E-state index in [0.29, 0.717) is 6.07 Å². The van der Waals surface area contributed by atoms with Crippen molar-refractivity contribution in [2.24, 2.45) is 0 Å². The summed E-state index contributed by atoms with van der Waals surface area (Å²) in [6.07, 6.45) is -3.84. The Kier molecular flexibility index (Phi) is 4.98. The number of hydrogen-bond donors (Lipinski definition) is 2. The lowest BCUT2D eigenvalue weighted by Gasteiger charge is -2.38. The van der Waals surface area contributed by atoms with Gasteiger partial charge in [-0.15, -0.1) is 5.10 Å². The van der Waals surface area contributed by atoms with Crippen LogP contribution >= 0.6 is 11.6 Å². The number of aromatic nitrogens is 2. The standard InChI is InChI=1S/C16H11ClF3N5O2S/c1-28(27)13-11(6-22)24-25-12-9(4-8(5-10(12)17)16(18,19)20)15(7-26,2-3-21)23-14(13)25/h4-5,23,26H,2,7H2,1H3. The Labute approximate surface area is 165 Å². The zero-order valence-corrected chi connectivity index (χ0v) is 15.7. The second-order valence-electron chi connectivity index (χ2n) is 6.06. The summed E-state index contributed by atoms with van der Waals surface area (Å²) < 4.78 is 53.1. The van der Waals surface area contributed by atoms with Crippen molar-refractivity contribution in [2.45, 2.75) is 23.0 Å². The highest BCUT2D eigenvalue weighted by Gasteiger charge is 2.45. The van der Waals surface area contributed by atoms with Crippen molar-refractivity contribution in [3.63, 3.8) is 0 Å². The summed E-state index contributed by atoms with van der Waals surface area (Å²) in [6.45, 7) is -0.756. The van der Waals surface area contributed by atoms with Crippen molar-refractivity contribution in [1.82, 2.24) is 9.78 Å². The highest BCUT2D eigenvalue weighted by molar-refractivity contribution is 7.91. The van der Waals surface area contributed by atoms with Gasteiger partial charge in [-0.05, 0) is 23.3 Å². The van der Waals surface area contributed by atoms with E-state index in [0.717, 1.165) is 10.7 Å². The van der Waals surface area contributed by atoms with Crippen LogP contribution in [0.5, 0.6) is 0 Å². The Morgan fingerprint density at radius 2 is 2.11 bits per heavy atom. The van der Waals surface area contributed by atoms with Crippen LogP contribution in [0.25, 0.3) is 5.69 Å². The lowest BCUT2D eigenvalue weighted by atomic mass is 9.84. The Balaban J connectivity index is 2.44. The normalized spacial score (nSPS) is 19.0. The third-order valence-electron chi connectivity index (χ3n) is 4.36. The fourth-order valence-electron chi connectivity index (χ4n) is 3.11. The number of aliphatic hydroxyl groups is 1. The number of anilines is 1. The van der Waals surface area contributed by atoms with E-state index in [1.165, 1.54) is 6.26 Å². The van der Waals surface area contributed by atoms with Gasteiger partial charge in [0.25, 0.3) is 0 Å². The third kappa shape index (κ3) is 2.97. The van der Waals surface area contributed by atoms with Crippen LogP contribution in [0.3, 0.4) is 0 Å². The molecular formula is C16H11ClF3N5O2S. The van der Waals surface area contributed by atoms with Crippen molar-refractivity contribution in [2.75, 3.05) is 18.2 Å². The molecule has 0 radical (unpaired) electrons. The topological polar surface area (TPSA) is 121 Å². The molecule has 146 valence electrons. The summed E-state index contributed by atoms with van der Waals surface area (Å²) in [5.74, 6) is 0.0239. The third-order valence-corrected chi connectivity index (χ3v) is 5.61. The molecule has 7 nitrogen and oxygen atoms in total. The summed E-state index contributed by atoms with van der Waals surface area (Å²) >= 11 is 4.44. The second kappa shape index (κ2) is 6.87. The molecule has 12 heteroatoms. The summed E-state index contributed by atoms with van der Waals surface area (Å²) in [5, 5.41) is 35.0. The van der Waals surface area contributed by atoms with Crippen LogP contribution in [0, 0.1) is 22.7 Å². The van der Waals surface area contributed by atoms with E-state index in [1.807, 2.05) is 6.07 Å². The summed E-state index contributed by atoms with van der Waals surface area (Å²) in [6, 6.07) is 5.09. The van der Waals surface area contributed by atoms with Crippen LogP contribution < -0.4 is 5.32 Å². The first-order chi connectivity index (χ1) is 13.1. The van der Waals surface area contributed by atoms with E-state index in [4.69, 9.17) is 11.6 Å².